The third-order valence-electron chi connectivity index (χ3n) is 4.03. The molecule has 0 atom stereocenters. The zero-order valence-electron chi connectivity index (χ0n) is 13.3. The number of alkyl halides is 3. The second-order valence-electron chi connectivity index (χ2n) is 5.35. The summed E-state index contributed by atoms with van der Waals surface area (Å²) in [4.78, 5) is 21.5. The molecule has 8 heteroatoms. The topological polar surface area (TPSA) is 39.7 Å². The third kappa shape index (κ3) is 4.13. The highest BCUT2D eigenvalue weighted by Crippen LogP contribution is 2.29. The third-order valence-corrected chi connectivity index (χ3v) is 4.03. The molecule has 5 nitrogen and oxygen atoms in total. The van der Waals surface area contributed by atoms with E-state index in [4.69, 9.17) is 0 Å². The van der Waals surface area contributed by atoms with E-state index in [1.165, 1.54) is 11.0 Å². The summed E-state index contributed by atoms with van der Waals surface area (Å²) in [5, 5.41) is 0. The van der Waals surface area contributed by atoms with Gasteiger partial charge in [0.15, 0.2) is 0 Å². The van der Waals surface area contributed by atoms with Crippen molar-refractivity contribution in [1.29, 1.82) is 0 Å². The summed E-state index contributed by atoms with van der Waals surface area (Å²) >= 11 is 0. The maximum Gasteiger partial charge on any atom is 0.417 e. The molecular formula is C15H21F3N4O. The molecule has 128 valence electrons. The lowest BCUT2D eigenvalue weighted by molar-refractivity contribution is -0.137. The lowest BCUT2D eigenvalue weighted by Crippen LogP contribution is -2.38. The van der Waals surface area contributed by atoms with Crippen molar-refractivity contribution in [2.24, 2.45) is 0 Å². The van der Waals surface area contributed by atoms with Crippen LogP contribution < -0.4 is 4.90 Å². The molecule has 0 N–H and O–H groups in total. The molecule has 1 fully saturated rings. The van der Waals surface area contributed by atoms with Crippen molar-refractivity contribution >= 4 is 11.8 Å². The van der Waals surface area contributed by atoms with E-state index in [1.807, 2.05) is 0 Å². The normalized spacial score (nSPS) is 15.8. The monoisotopic (exact) mass is 330 g/mol. The molecule has 0 spiro atoms. The number of rotatable bonds is 6. The summed E-state index contributed by atoms with van der Waals surface area (Å²) in [5.74, 6) is 0.258. The van der Waals surface area contributed by atoms with Crippen LogP contribution >= 0.6 is 0 Å². The van der Waals surface area contributed by atoms with Gasteiger partial charge in [0.25, 0.3) is 0 Å². The van der Waals surface area contributed by atoms with Gasteiger partial charge in [-0.1, -0.05) is 13.8 Å². The maximum absolute atomic E-state index is 12.5. The fourth-order valence-corrected chi connectivity index (χ4v) is 2.52. The fourth-order valence-electron chi connectivity index (χ4n) is 2.52. The SMILES string of the molecule is CCN(CC)CCN1CCN(c2ccc(C(F)(F)F)cn2)C1=O. The standard InChI is InChI=1S/C15H21F3N4O/c1-3-20(4-2)7-8-21-9-10-22(14(21)23)13-6-5-12(11-19-13)15(16,17)18/h5-6,11H,3-4,7-10H2,1-2H3. The minimum absolute atomic E-state index is 0.204. The Morgan fingerprint density at radius 2 is 1.91 bits per heavy atom. The summed E-state index contributed by atoms with van der Waals surface area (Å²) in [6.45, 7) is 8.36. The fraction of sp³-hybridized carbons (Fsp3) is 0.600. The van der Waals surface area contributed by atoms with Gasteiger partial charge in [0.2, 0.25) is 0 Å². The lowest BCUT2D eigenvalue weighted by Gasteiger charge is -2.23. The number of anilines is 1. The quantitative estimate of drug-likeness (QED) is 0.805. The largest absolute Gasteiger partial charge is 0.417 e. The number of carbonyl (C=O) groups excluding carboxylic acids is 1. The van der Waals surface area contributed by atoms with Gasteiger partial charge in [0.1, 0.15) is 5.82 Å². The van der Waals surface area contributed by atoms with Crippen molar-refractivity contribution in [2.45, 2.75) is 20.0 Å². The first-order valence-electron chi connectivity index (χ1n) is 7.68. The van der Waals surface area contributed by atoms with Crippen molar-refractivity contribution in [1.82, 2.24) is 14.8 Å². The van der Waals surface area contributed by atoms with Crippen molar-refractivity contribution < 1.29 is 18.0 Å². The molecule has 1 aliphatic heterocycles. The number of aromatic nitrogens is 1. The minimum Gasteiger partial charge on any atom is -0.321 e. The summed E-state index contributed by atoms with van der Waals surface area (Å²) in [6.07, 6.45) is -3.66. The second-order valence-corrected chi connectivity index (χ2v) is 5.35. The highest BCUT2D eigenvalue weighted by atomic mass is 19.4. The average molecular weight is 330 g/mol. The Kier molecular flexibility index (Phi) is 5.46. The molecule has 2 heterocycles. The van der Waals surface area contributed by atoms with Gasteiger partial charge >= 0.3 is 12.2 Å². The maximum atomic E-state index is 12.5. The Balaban J connectivity index is 1.99. The van der Waals surface area contributed by atoms with E-state index in [2.05, 4.69) is 23.7 Å². The number of carbonyl (C=O) groups is 1. The Morgan fingerprint density at radius 1 is 1.22 bits per heavy atom. The first-order chi connectivity index (χ1) is 10.9. The molecule has 1 aliphatic rings. The van der Waals surface area contributed by atoms with Crippen LogP contribution in [0.1, 0.15) is 19.4 Å². The van der Waals surface area contributed by atoms with Crippen molar-refractivity contribution in [3.05, 3.63) is 23.9 Å². The van der Waals surface area contributed by atoms with Gasteiger partial charge in [-0.05, 0) is 25.2 Å². The van der Waals surface area contributed by atoms with Crippen LogP contribution in [0.15, 0.2) is 18.3 Å². The number of likely N-dealkylation sites (N-methyl/N-ethyl adjacent to an activating group) is 1. The molecule has 0 radical (unpaired) electrons. The molecule has 2 rings (SSSR count). The second kappa shape index (κ2) is 7.16. The Morgan fingerprint density at radius 3 is 2.43 bits per heavy atom. The first kappa shape index (κ1) is 17.5. The molecule has 0 saturated carbocycles. The molecule has 1 aromatic heterocycles. The smallest absolute Gasteiger partial charge is 0.321 e. The predicted molar refractivity (Wildman–Crippen MR) is 81.3 cm³/mol. The van der Waals surface area contributed by atoms with Crippen LogP contribution in [0.5, 0.6) is 0 Å². The number of hydrogen-bond acceptors (Lipinski definition) is 3. The first-order valence-corrected chi connectivity index (χ1v) is 7.68. The van der Waals surface area contributed by atoms with Crippen LogP contribution in [0.2, 0.25) is 0 Å². The van der Waals surface area contributed by atoms with Crippen LogP contribution in [-0.4, -0.2) is 60.1 Å². The summed E-state index contributed by atoms with van der Waals surface area (Å²) in [7, 11) is 0. The van der Waals surface area contributed by atoms with Crippen molar-refractivity contribution in [2.75, 3.05) is 44.2 Å². The van der Waals surface area contributed by atoms with Gasteiger partial charge in [0.05, 0.1) is 5.56 Å². The van der Waals surface area contributed by atoms with Crippen LogP contribution in [0.3, 0.4) is 0 Å². The van der Waals surface area contributed by atoms with Crippen LogP contribution in [0.4, 0.5) is 23.8 Å². The van der Waals surface area contributed by atoms with Gasteiger partial charge < -0.3 is 9.80 Å². The average Bonchev–Trinajstić information content (AvgIpc) is 2.89. The number of pyridine rings is 1. The highest BCUT2D eigenvalue weighted by molar-refractivity contribution is 5.93. The van der Waals surface area contributed by atoms with Crippen molar-refractivity contribution in [3.63, 3.8) is 0 Å². The zero-order chi connectivity index (χ0) is 17.0. The van der Waals surface area contributed by atoms with E-state index in [1.54, 1.807) is 4.90 Å². The van der Waals surface area contributed by atoms with E-state index in [0.717, 1.165) is 31.9 Å². The van der Waals surface area contributed by atoms with Crippen LogP contribution in [0.25, 0.3) is 0 Å². The number of nitrogens with zero attached hydrogens (tertiary/aromatic N) is 4. The molecule has 2 amide bonds. The lowest BCUT2D eigenvalue weighted by atomic mass is 10.3. The number of halogens is 3. The minimum atomic E-state index is -4.42. The zero-order valence-corrected chi connectivity index (χ0v) is 13.3. The van der Waals surface area contributed by atoms with E-state index >= 15 is 0 Å². The molecular weight excluding hydrogens is 309 g/mol. The van der Waals surface area contributed by atoms with Crippen LogP contribution in [-0.2, 0) is 6.18 Å². The molecule has 0 unspecified atom stereocenters. The van der Waals surface area contributed by atoms with Gasteiger partial charge in [-0.25, -0.2) is 9.78 Å². The summed E-state index contributed by atoms with van der Waals surface area (Å²) < 4.78 is 37.6. The Bertz CT molecular complexity index is 529. The van der Waals surface area contributed by atoms with E-state index in [9.17, 15) is 18.0 Å². The van der Waals surface area contributed by atoms with Crippen LogP contribution in [0, 0.1) is 0 Å². The van der Waals surface area contributed by atoms with E-state index in [0.29, 0.717) is 19.6 Å². The molecule has 1 saturated heterocycles. The molecule has 0 aromatic carbocycles. The molecule has 0 bridgehead atoms. The van der Waals surface area contributed by atoms with Gasteiger partial charge in [-0.3, -0.25) is 4.90 Å². The number of amides is 2. The van der Waals surface area contributed by atoms with Gasteiger partial charge in [-0.2, -0.15) is 13.2 Å². The highest BCUT2D eigenvalue weighted by Gasteiger charge is 2.33. The summed E-state index contributed by atoms with van der Waals surface area (Å²) in [5.41, 5.74) is -0.814. The van der Waals surface area contributed by atoms with Gasteiger partial charge in [0, 0.05) is 32.4 Å². The Labute approximate surface area is 133 Å². The van der Waals surface area contributed by atoms with Gasteiger partial charge in [-0.15, -0.1) is 0 Å². The Hall–Kier alpha value is -1.83. The molecule has 1 aromatic rings. The molecule has 0 aliphatic carbocycles. The summed E-state index contributed by atoms with van der Waals surface area (Å²) in [6, 6.07) is 1.99. The van der Waals surface area contributed by atoms with E-state index < -0.39 is 11.7 Å². The van der Waals surface area contributed by atoms with E-state index in [-0.39, 0.29) is 11.8 Å². The van der Waals surface area contributed by atoms with Crippen molar-refractivity contribution in [3.8, 4) is 0 Å². The predicted octanol–water partition coefficient (Wildman–Crippen LogP) is 2.68. The molecule has 23 heavy (non-hydrogen) atoms. The number of urea groups is 1. The number of hydrogen-bond donors (Lipinski definition) is 0.